The first-order valence-electron chi connectivity index (χ1n) is 24.3. The van der Waals surface area contributed by atoms with E-state index in [1.54, 1.807) is 72.1 Å². The summed E-state index contributed by atoms with van der Waals surface area (Å²) in [7, 11) is 0. The van der Waals surface area contributed by atoms with Crippen molar-refractivity contribution >= 4 is 250 Å². The highest BCUT2D eigenvalue weighted by molar-refractivity contribution is 7.99. The summed E-state index contributed by atoms with van der Waals surface area (Å²) < 4.78 is 0. The van der Waals surface area contributed by atoms with Crippen molar-refractivity contribution in [1.29, 1.82) is 0 Å². The molecule has 33 heteroatoms. The van der Waals surface area contributed by atoms with Gasteiger partial charge in [-0.05, 0) is 107 Å². The highest BCUT2D eigenvalue weighted by atomic mass is 35.5. The summed E-state index contributed by atoms with van der Waals surface area (Å²) in [5.74, 6) is 1.89. The van der Waals surface area contributed by atoms with E-state index >= 15 is 0 Å². The van der Waals surface area contributed by atoms with Crippen LogP contribution in [0.3, 0.4) is 0 Å². The quantitative estimate of drug-likeness (QED) is 0.0161. The number of nitrogens with two attached hydrogens (primary N) is 4. The van der Waals surface area contributed by atoms with Crippen molar-refractivity contribution in [3.8, 4) is 0 Å². The third-order valence-corrected chi connectivity index (χ3v) is 18.9. The first-order valence-corrected chi connectivity index (χ1v) is 32.8. The van der Waals surface area contributed by atoms with Crippen molar-refractivity contribution in [3.63, 3.8) is 0 Å². The van der Waals surface area contributed by atoms with Crippen LogP contribution in [-0.4, -0.2) is 47.7 Å². The number of halogens is 13. The molecule has 0 aliphatic carbocycles. The Labute approximate surface area is 592 Å². The van der Waals surface area contributed by atoms with Gasteiger partial charge in [0.2, 0.25) is 0 Å². The van der Waals surface area contributed by atoms with E-state index in [9.17, 15) is 20.2 Å². The minimum atomic E-state index is -1.19. The molecule has 0 atom stereocenters. The number of nitrogen functional groups attached to an aromatic ring is 4. The number of benzene rings is 8. The second-order valence-electron chi connectivity index (χ2n) is 17.3. The molecule has 0 spiro atoms. The Morgan fingerprint density at radius 1 is 0.472 bits per heavy atom. The van der Waals surface area contributed by atoms with Gasteiger partial charge in [-0.2, -0.15) is 12.6 Å². The highest BCUT2D eigenvalue weighted by Crippen LogP contribution is 2.40. The van der Waals surface area contributed by atoms with Crippen LogP contribution in [0, 0.1) is 20.2 Å². The first kappa shape index (κ1) is 77.2. The number of nitrogens with zero attached hydrogens (tertiary/aromatic N) is 3. The minimum absolute atomic E-state index is 0.00870. The average molecular weight is 1550 g/mol. The largest absolute Gasteiger partial charge is 0.480 e. The second-order valence-corrected chi connectivity index (χ2v) is 26.0. The number of anilines is 4. The standard InChI is InChI=1S/C15H11Cl3N2OS.C13H9Cl3N2O2S.C13H11Cl3N2S.C7H6Cl2S.C6H4Cl2N2O2.C2H4O3/c16-9-2-1-8(10(17)3-9)7-22-14-5-13-12(4-11(14)18)19-15(6-21)20-13;14-8-2-1-7(9(15)3-8)6-21-13-5-11(17)12(18(19)20)4-10(13)16;14-8-2-1-7(9(15)3-8)6-19-13-5-12(18)11(17)4-10(13)16;8-6-2-1-5(4-10)7(9)3-6;7-3-1-5(9)6(10(11)12)2-4(3)8;3-1-2(4)5/h1-5,21H,6-7H2,(H,19,20);1-5H,6,17H2;1-5H,6,17-18H2;1-3,10H,4H2;1-2H,9H2;3H,1H2,(H,4,5). The van der Waals surface area contributed by atoms with Crippen LogP contribution in [0.4, 0.5) is 34.1 Å². The lowest BCUT2D eigenvalue weighted by Crippen LogP contribution is -1.98. The van der Waals surface area contributed by atoms with Gasteiger partial charge in [-0.15, -0.1) is 35.3 Å². The number of H-pyrrole nitrogens is 1. The fraction of sp³-hybridized carbons (Fsp3) is 0.107. The lowest BCUT2D eigenvalue weighted by molar-refractivity contribution is -0.384. The third-order valence-electron chi connectivity index (χ3n) is 10.9. The molecule has 16 nitrogen and oxygen atoms in total. The van der Waals surface area contributed by atoms with Gasteiger partial charge in [-0.3, -0.25) is 20.2 Å². The number of aliphatic carboxylic acids is 1. The van der Waals surface area contributed by atoms with Crippen molar-refractivity contribution in [2.45, 2.75) is 44.3 Å². The topological polar surface area (TPSA) is 297 Å². The number of rotatable bonds is 14. The van der Waals surface area contributed by atoms with E-state index in [0.29, 0.717) is 95.3 Å². The molecule has 8 aromatic carbocycles. The first-order chi connectivity index (χ1) is 41.9. The summed E-state index contributed by atoms with van der Waals surface area (Å²) in [5, 5.41) is 52.0. The molecule has 12 N–H and O–H groups in total. The summed E-state index contributed by atoms with van der Waals surface area (Å²) in [4.78, 5) is 38.8. The molecule has 0 bridgehead atoms. The molecule has 0 saturated heterocycles. The molecule has 0 aliphatic heterocycles. The van der Waals surface area contributed by atoms with E-state index in [-0.39, 0.29) is 44.4 Å². The number of aromatic nitrogens is 2. The normalized spacial score (nSPS) is 10.4. The van der Waals surface area contributed by atoms with Crippen molar-refractivity contribution in [2.24, 2.45) is 0 Å². The van der Waals surface area contributed by atoms with Gasteiger partial charge in [-0.1, -0.05) is 175 Å². The second kappa shape index (κ2) is 38.1. The zero-order valence-electron chi connectivity index (χ0n) is 44.9. The fourth-order valence-electron chi connectivity index (χ4n) is 6.51. The number of hydrogen-bond acceptors (Lipinski definition) is 16. The Kier molecular flexibility index (Phi) is 33.1. The third kappa shape index (κ3) is 25.3. The molecule has 89 heavy (non-hydrogen) atoms. The molecule has 9 aromatic rings. The Hall–Kier alpha value is -4.21. The van der Waals surface area contributed by atoms with Gasteiger partial charge < -0.3 is 43.2 Å². The van der Waals surface area contributed by atoms with E-state index in [0.717, 1.165) is 49.1 Å². The van der Waals surface area contributed by atoms with Crippen LogP contribution >= 0.6 is 199 Å². The Balaban J connectivity index is 0.000000239. The van der Waals surface area contributed by atoms with E-state index in [1.807, 2.05) is 48.5 Å². The lowest BCUT2D eigenvalue weighted by Gasteiger charge is -2.09. The molecule has 0 amide bonds. The van der Waals surface area contributed by atoms with Crippen LogP contribution in [0.25, 0.3) is 11.0 Å². The zero-order chi connectivity index (χ0) is 66.4. The number of thiol groups is 1. The van der Waals surface area contributed by atoms with Gasteiger partial charge in [0, 0.05) is 90.0 Å². The van der Waals surface area contributed by atoms with E-state index < -0.39 is 22.4 Å². The number of carboxylic acid groups (broad SMARTS) is 1. The molecular weight excluding hydrogens is 1500 g/mol. The summed E-state index contributed by atoms with van der Waals surface area (Å²) in [5.41, 5.74) is 28.5. The molecule has 0 fully saturated rings. The van der Waals surface area contributed by atoms with Crippen LogP contribution in [0.1, 0.15) is 28.1 Å². The smallest absolute Gasteiger partial charge is 0.329 e. The zero-order valence-corrected chi connectivity index (χ0v) is 58.1. The molecule has 0 saturated carbocycles. The molecule has 0 unspecified atom stereocenters. The van der Waals surface area contributed by atoms with Crippen LogP contribution in [0.2, 0.25) is 65.3 Å². The molecule has 1 aromatic heterocycles. The van der Waals surface area contributed by atoms with Gasteiger partial charge in [0.15, 0.2) is 0 Å². The summed E-state index contributed by atoms with van der Waals surface area (Å²) in [6, 6.07) is 33.8. The predicted molar refractivity (Wildman–Crippen MR) is 379 cm³/mol. The van der Waals surface area contributed by atoms with Gasteiger partial charge in [-0.25, -0.2) is 9.78 Å². The van der Waals surface area contributed by atoms with Gasteiger partial charge in [0.25, 0.3) is 11.4 Å². The number of fused-ring (bicyclic) bond motifs is 1. The Bertz CT molecular complexity index is 3980. The van der Waals surface area contributed by atoms with Crippen molar-refractivity contribution in [1.82, 2.24) is 9.97 Å². The number of hydrogen-bond donors (Lipinski definition) is 9. The van der Waals surface area contributed by atoms with Crippen LogP contribution in [0.15, 0.2) is 136 Å². The number of nitro groups is 2. The monoisotopic (exact) mass is 1540 g/mol. The molecule has 0 radical (unpaired) electrons. The van der Waals surface area contributed by atoms with E-state index in [1.165, 1.54) is 30.0 Å². The number of nitro benzene ring substituents is 2. The van der Waals surface area contributed by atoms with Gasteiger partial charge >= 0.3 is 5.97 Å². The maximum atomic E-state index is 10.8. The van der Waals surface area contributed by atoms with E-state index in [2.05, 4.69) is 22.6 Å². The predicted octanol–water partition coefficient (Wildman–Crippen LogP) is 20.8. The number of carbonyl (C=O) groups is 1. The summed E-state index contributed by atoms with van der Waals surface area (Å²) in [6.45, 7) is -0.908. The van der Waals surface area contributed by atoms with Crippen LogP contribution in [-0.2, 0) is 34.4 Å². The van der Waals surface area contributed by atoms with Crippen LogP contribution in [0.5, 0.6) is 0 Å². The van der Waals surface area contributed by atoms with Crippen LogP contribution < -0.4 is 22.9 Å². The fourth-order valence-corrected chi connectivity index (χ4v) is 13.2. The highest BCUT2D eigenvalue weighted by Gasteiger charge is 2.17. The van der Waals surface area contributed by atoms with Crippen molar-refractivity contribution < 1.29 is 30.0 Å². The number of imidazole rings is 1. The Morgan fingerprint density at radius 3 is 1.18 bits per heavy atom. The molecule has 9 rings (SSSR count). The number of aliphatic hydroxyl groups excluding tert-OH is 2. The van der Waals surface area contributed by atoms with Crippen molar-refractivity contribution in [2.75, 3.05) is 29.5 Å². The maximum Gasteiger partial charge on any atom is 0.329 e. The molecule has 1 heterocycles. The van der Waals surface area contributed by atoms with Crippen molar-refractivity contribution in [3.05, 3.63) is 235 Å². The lowest BCUT2D eigenvalue weighted by atomic mass is 10.2. The molecule has 0 aliphatic rings. The molecule has 472 valence electrons. The maximum absolute atomic E-state index is 10.8. The summed E-state index contributed by atoms with van der Waals surface area (Å²) >= 11 is 85.6. The summed E-state index contributed by atoms with van der Waals surface area (Å²) in [6.07, 6.45) is 0. The number of carboxylic acids is 1. The number of thioether (sulfide) groups is 3. The average Bonchev–Trinajstić information content (AvgIpc) is 2.62. The Morgan fingerprint density at radius 2 is 0.798 bits per heavy atom. The van der Waals surface area contributed by atoms with E-state index in [4.69, 9.17) is 194 Å². The number of aromatic amines is 1. The minimum Gasteiger partial charge on any atom is -0.480 e. The molecular formula is C56H45Cl13N8O8S4. The number of nitrogens with one attached hydrogen (secondary N) is 1. The van der Waals surface area contributed by atoms with Gasteiger partial charge in [0.1, 0.15) is 30.4 Å². The van der Waals surface area contributed by atoms with Gasteiger partial charge in [0.05, 0.1) is 57.4 Å². The number of aliphatic hydroxyl groups is 2. The SMILES string of the molecule is Nc1cc(Cl)c(Cl)cc1[N+](=O)[O-].Nc1cc(Cl)c(SCc2ccc(Cl)cc2Cl)cc1N.Nc1cc(SCc2ccc(Cl)cc2Cl)c(Cl)cc1[N+](=O)[O-].O=C(O)CO.OCc1nc2cc(SCc3ccc(Cl)cc3Cl)c(Cl)cc2[nH]1.SCc1ccc(Cl)cc1Cl.